The van der Waals surface area contributed by atoms with E-state index in [4.69, 9.17) is 0 Å². The molecule has 2 fully saturated rings. The second kappa shape index (κ2) is 6.55. The number of hydrogen-bond donors (Lipinski definition) is 0. The lowest BCUT2D eigenvalue weighted by Crippen LogP contribution is -2.48. The van der Waals surface area contributed by atoms with Crippen LogP contribution >= 0.6 is 15.9 Å². The predicted molar refractivity (Wildman–Crippen MR) is 93.6 cm³/mol. The zero-order valence-corrected chi connectivity index (χ0v) is 15.3. The number of fused-ring (bicyclic) bond motifs is 1. The van der Waals surface area contributed by atoms with Crippen molar-refractivity contribution in [1.29, 1.82) is 0 Å². The number of amides is 4. The summed E-state index contributed by atoms with van der Waals surface area (Å²) in [5, 5.41) is 0. The summed E-state index contributed by atoms with van der Waals surface area (Å²) in [5.41, 5.74) is 0.530. The van der Waals surface area contributed by atoms with Crippen LogP contribution in [0.15, 0.2) is 28.7 Å². The van der Waals surface area contributed by atoms with E-state index in [9.17, 15) is 14.4 Å². The van der Waals surface area contributed by atoms with Gasteiger partial charge in [-0.15, -0.1) is 0 Å². The number of carbonyl (C=O) groups is 3. The van der Waals surface area contributed by atoms with Crippen LogP contribution in [-0.2, 0) is 9.59 Å². The van der Waals surface area contributed by atoms with Gasteiger partial charge in [0.1, 0.15) is 12.1 Å². The molecule has 2 aliphatic heterocycles. The smallest absolute Gasteiger partial charge is 0.332 e. The van der Waals surface area contributed by atoms with Crippen LogP contribution in [-0.4, -0.2) is 52.8 Å². The van der Waals surface area contributed by atoms with Crippen molar-refractivity contribution in [1.82, 2.24) is 9.80 Å². The predicted octanol–water partition coefficient (Wildman–Crippen LogP) is 2.62. The largest absolute Gasteiger partial charge is 0.341 e. The number of rotatable bonds is 4. The first-order chi connectivity index (χ1) is 11.5. The summed E-state index contributed by atoms with van der Waals surface area (Å²) in [7, 11) is 0. The van der Waals surface area contributed by atoms with E-state index in [0.717, 1.165) is 4.47 Å². The summed E-state index contributed by atoms with van der Waals surface area (Å²) < 4.78 is 0.795. The fourth-order valence-corrected chi connectivity index (χ4v) is 3.91. The minimum atomic E-state index is -0.538. The minimum Gasteiger partial charge on any atom is -0.341 e. The molecule has 3 rings (SSSR count). The van der Waals surface area contributed by atoms with Crippen LogP contribution in [0.2, 0.25) is 0 Å². The van der Waals surface area contributed by atoms with E-state index < -0.39 is 18.1 Å². The molecular weight excluding hydrogens is 374 g/mol. The zero-order chi connectivity index (χ0) is 17.4. The molecule has 0 saturated carbocycles. The molecule has 1 aromatic rings. The number of imide groups is 1. The molecule has 0 aliphatic carbocycles. The molecule has 0 spiro atoms. The summed E-state index contributed by atoms with van der Waals surface area (Å²) in [5.74, 6) is -0.312. The molecule has 2 heterocycles. The Labute approximate surface area is 149 Å². The van der Waals surface area contributed by atoms with E-state index in [1.165, 1.54) is 9.80 Å². The number of likely N-dealkylation sites (N-methyl/N-ethyl adjacent to an activating group) is 1. The Balaban J connectivity index is 1.89. The Morgan fingerprint density at radius 1 is 1.25 bits per heavy atom. The van der Waals surface area contributed by atoms with Crippen LogP contribution < -0.4 is 4.90 Å². The van der Waals surface area contributed by atoms with Crippen molar-refractivity contribution in [2.75, 3.05) is 18.0 Å². The van der Waals surface area contributed by atoms with Crippen molar-refractivity contribution in [3.05, 3.63) is 28.7 Å². The third kappa shape index (κ3) is 2.60. The van der Waals surface area contributed by atoms with Gasteiger partial charge < -0.3 is 4.90 Å². The van der Waals surface area contributed by atoms with Gasteiger partial charge in [-0.25, -0.2) is 9.69 Å². The number of nitrogens with zero attached hydrogens (tertiary/aromatic N) is 3. The fourth-order valence-electron chi connectivity index (χ4n) is 3.52. The standard InChI is InChI=1S/C17H20BrN3O3/c1-3-19(4-2)15(22)13-8-9-14-16(23)20(17(24)21(13)14)12-7-5-6-11(18)10-12/h5-7,10,13-14H,3-4,8-9H2,1-2H3. The molecule has 0 aromatic heterocycles. The Morgan fingerprint density at radius 2 is 1.96 bits per heavy atom. The van der Waals surface area contributed by atoms with E-state index in [1.807, 2.05) is 19.9 Å². The first-order valence-electron chi connectivity index (χ1n) is 8.20. The van der Waals surface area contributed by atoms with Gasteiger partial charge >= 0.3 is 6.03 Å². The van der Waals surface area contributed by atoms with E-state index in [2.05, 4.69) is 15.9 Å². The van der Waals surface area contributed by atoms with E-state index in [1.54, 1.807) is 23.1 Å². The molecule has 1 aromatic carbocycles. The Bertz CT molecular complexity index is 689. The maximum atomic E-state index is 12.9. The quantitative estimate of drug-likeness (QED) is 0.738. The van der Waals surface area contributed by atoms with Gasteiger partial charge in [-0.3, -0.25) is 14.5 Å². The van der Waals surface area contributed by atoms with Gasteiger partial charge in [0, 0.05) is 17.6 Å². The topological polar surface area (TPSA) is 60.9 Å². The lowest BCUT2D eigenvalue weighted by molar-refractivity contribution is -0.135. The van der Waals surface area contributed by atoms with Crippen LogP contribution in [0.1, 0.15) is 26.7 Å². The molecular formula is C17H20BrN3O3. The molecule has 24 heavy (non-hydrogen) atoms. The van der Waals surface area contributed by atoms with E-state index >= 15 is 0 Å². The highest BCUT2D eigenvalue weighted by Crippen LogP contribution is 2.36. The molecule has 2 unspecified atom stereocenters. The molecule has 0 N–H and O–H groups in total. The van der Waals surface area contributed by atoms with Crippen LogP contribution in [0.5, 0.6) is 0 Å². The minimum absolute atomic E-state index is 0.0697. The summed E-state index contributed by atoms with van der Waals surface area (Å²) in [4.78, 5) is 42.7. The summed E-state index contributed by atoms with van der Waals surface area (Å²) in [6.07, 6.45) is 1.08. The summed E-state index contributed by atoms with van der Waals surface area (Å²) in [6, 6.07) is 5.61. The Kier molecular flexibility index (Phi) is 4.62. The molecule has 2 aliphatic rings. The second-order valence-electron chi connectivity index (χ2n) is 5.96. The highest BCUT2D eigenvalue weighted by Gasteiger charge is 2.54. The van der Waals surface area contributed by atoms with Gasteiger partial charge in [-0.05, 0) is 44.9 Å². The molecule has 4 amide bonds. The average Bonchev–Trinajstić information content (AvgIpc) is 3.09. The fraction of sp³-hybridized carbons (Fsp3) is 0.471. The maximum Gasteiger partial charge on any atom is 0.332 e. The highest BCUT2D eigenvalue weighted by molar-refractivity contribution is 9.10. The van der Waals surface area contributed by atoms with Crippen molar-refractivity contribution in [3.8, 4) is 0 Å². The second-order valence-corrected chi connectivity index (χ2v) is 6.88. The maximum absolute atomic E-state index is 12.9. The van der Waals surface area contributed by atoms with Gasteiger partial charge in [0.15, 0.2) is 0 Å². The lowest BCUT2D eigenvalue weighted by Gasteiger charge is -2.28. The first kappa shape index (κ1) is 17.0. The number of benzene rings is 1. The Morgan fingerprint density at radius 3 is 2.58 bits per heavy atom. The van der Waals surface area contributed by atoms with Crippen molar-refractivity contribution < 1.29 is 14.4 Å². The van der Waals surface area contributed by atoms with Crippen LogP contribution in [0.25, 0.3) is 0 Å². The van der Waals surface area contributed by atoms with Crippen molar-refractivity contribution in [2.45, 2.75) is 38.8 Å². The first-order valence-corrected chi connectivity index (χ1v) is 8.99. The van der Waals surface area contributed by atoms with Gasteiger partial charge in [0.2, 0.25) is 5.91 Å². The van der Waals surface area contributed by atoms with Crippen LogP contribution in [0, 0.1) is 0 Å². The zero-order valence-electron chi connectivity index (χ0n) is 13.7. The number of hydrogen-bond acceptors (Lipinski definition) is 3. The monoisotopic (exact) mass is 393 g/mol. The molecule has 6 nitrogen and oxygen atoms in total. The van der Waals surface area contributed by atoms with Crippen LogP contribution in [0.4, 0.5) is 10.5 Å². The third-order valence-electron chi connectivity index (χ3n) is 4.73. The third-order valence-corrected chi connectivity index (χ3v) is 5.22. The van der Waals surface area contributed by atoms with E-state index in [-0.39, 0.29) is 11.8 Å². The van der Waals surface area contributed by atoms with Gasteiger partial charge in [0.05, 0.1) is 5.69 Å². The van der Waals surface area contributed by atoms with Crippen molar-refractivity contribution >= 4 is 39.5 Å². The summed E-state index contributed by atoms with van der Waals surface area (Å²) in [6.45, 7) is 5.03. The number of urea groups is 1. The lowest BCUT2D eigenvalue weighted by atomic mass is 10.1. The SMILES string of the molecule is CCN(CC)C(=O)C1CCC2C(=O)N(c3cccc(Br)c3)C(=O)N12. The molecule has 2 saturated heterocycles. The molecule has 0 radical (unpaired) electrons. The van der Waals surface area contributed by atoms with Gasteiger partial charge in [-0.1, -0.05) is 22.0 Å². The molecule has 2 atom stereocenters. The summed E-state index contributed by atoms with van der Waals surface area (Å²) >= 11 is 3.36. The van der Waals surface area contributed by atoms with Crippen molar-refractivity contribution in [2.24, 2.45) is 0 Å². The van der Waals surface area contributed by atoms with Gasteiger partial charge in [-0.2, -0.15) is 0 Å². The van der Waals surface area contributed by atoms with Crippen LogP contribution in [0.3, 0.4) is 0 Å². The number of carbonyl (C=O) groups excluding carboxylic acids is 3. The molecule has 0 bridgehead atoms. The number of halogens is 1. The van der Waals surface area contributed by atoms with E-state index in [0.29, 0.717) is 31.6 Å². The van der Waals surface area contributed by atoms with Crippen molar-refractivity contribution in [3.63, 3.8) is 0 Å². The highest BCUT2D eigenvalue weighted by atomic mass is 79.9. The Hall–Kier alpha value is -1.89. The van der Waals surface area contributed by atoms with Gasteiger partial charge in [0.25, 0.3) is 5.91 Å². The normalized spacial score (nSPS) is 23.0. The number of anilines is 1. The molecule has 7 heteroatoms. The molecule has 128 valence electrons. The average molecular weight is 394 g/mol.